The van der Waals surface area contributed by atoms with Gasteiger partial charge in [-0.25, -0.2) is 22.8 Å². The molecule has 0 atom stereocenters. The van der Waals surface area contributed by atoms with E-state index in [0.717, 1.165) is 18.2 Å². The number of sulfonamides is 1. The molecular formula is C20H15ClFN5O3S. The standard InChI is InChI=1S/C20H15ClFN5O3S/c1-27-9-14(17-19(23)24-10-25-20(17)27)18(28)11-3-2-4-12(7-11)26-31(29,30)13-5-6-16(22)15(21)8-13/h2-10,26H,1H3,(H2,23,24,25). The van der Waals surface area contributed by atoms with Crippen LogP contribution in [0.3, 0.4) is 0 Å². The van der Waals surface area contributed by atoms with Gasteiger partial charge in [0.2, 0.25) is 0 Å². The molecule has 0 spiro atoms. The number of hydrogen-bond acceptors (Lipinski definition) is 6. The van der Waals surface area contributed by atoms with Crippen molar-refractivity contribution in [3.8, 4) is 0 Å². The number of nitrogens with two attached hydrogens (primary N) is 1. The van der Waals surface area contributed by atoms with Crippen LogP contribution < -0.4 is 10.5 Å². The van der Waals surface area contributed by atoms with Gasteiger partial charge in [0.15, 0.2) is 5.78 Å². The lowest BCUT2D eigenvalue weighted by atomic mass is 10.0. The number of aryl methyl sites for hydroxylation is 1. The highest BCUT2D eigenvalue weighted by atomic mass is 35.5. The predicted octanol–water partition coefficient (Wildman–Crippen LogP) is 3.37. The maximum Gasteiger partial charge on any atom is 0.261 e. The third-order valence-electron chi connectivity index (χ3n) is 4.61. The number of nitrogen functional groups attached to an aromatic ring is 1. The van der Waals surface area contributed by atoms with Crippen molar-refractivity contribution in [3.63, 3.8) is 0 Å². The summed E-state index contributed by atoms with van der Waals surface area (Å²) in [7, 11) is -2.33. The van der Waals surface area contributed by atoms with Gasteiger partial charge in [-0.05, 0) is 30.3 Å². The van der Waals surface area contributed by atoms with Gasteiger partial charge in [-0.1, -0.05) is 23.7 Å². The quantitative estimate of drug-likeness (QED) is 0.441. The molecule has 0 bridgehead atoms. The van der Waals surface area contributed by atoms with Gasteiger partial charge in [-0.2, -0.15) is 0 Å². The summed E-state index contributed by atoms with van der Waals surface area (Å²) in [6.45, 7) is 0. The maximum absolute atomic E-state index is 13.4. The number of halogens is 2. The first-order valence-electron chi connectivity index (χ1n) is 8.85. The van der Waals surface area contributed by atoms with E-state index < -0.39 is 15.8 Å². The first-order chi connectivity index (χ1) is 14.7. The summed E-state index contributed by atoms with van der Waals surface area (Å²) in [5.41, 5.74) is 7.11. The average molecular weight is 460 g/mol. The summed E-state index contributed by atoms with van der Waals surface area (Å²) in [4.78, 5) is 21.0. The van der Waals surface area contributed by atoms with E-state index in [1.54, 1.807) is 23.9 Å². The van der Waals surface area contributed by atoms with Crippen molar-refractivity contribution in [1.82, 2.24) is 14.5 Å². The first kappa shape index (κ1) is 20.8. The molecule has 3 N–H and O–H groups in total. The Bertz CT molecular complexity index is 1450. The van der Waals surface area contributed by atoms with E-state index in [1.165, 1.54) is 24.5 Å². The number of aromatic nitrogens is 3. The van der Waals surface area contributed by atoms with Crippen molar-refractivity contribution in [2.45, 2.75) is 4.90 Å². The highest BCUT2D eigenvalue weighted by Crippen LogP contribution is 2.27. The number of nitrogens with one attached hydrogen (secondary N) is 1. The van der Waals surface area contributed by atoms with E-state index in [4.69, 9.17) is 17.3 Å². The Labute approximate surface area is 181 Å². The van der Waals surface area contributed by atoms with E-state index in [0.29, 0.717) is 16.6 Å². The van der Waals surface area contributed by atoms with Crippen LogP contribution in [0.1, 0.15) is 15.9 Å². The van der Waals surface area contributed by atoms with E-state index in [-0.39, 0.29) is 32.8 Å². The van der Waals surface area contributed by atoms with Gasteiger partial charge in [0.25, 0.3) is 10.0 Å². The molecule has 0 fully saturated rings. The third kappa shape index (κ3) is 3.82. The summed E-state index contributed by atoms with van der Waals surface area (Å²) in [5.74, 6) is -0.941. The van der Waals surface area contributed by atoms with Gasteiger partial charge in [-0.3, -0.25) is 9.52 Å². The summed E-state index contributed by atoms with van der Waals surface area (Å²) in [6.07, 6.45) is 2.90. The van der Waals surface area contributed by atoms with Crippen LogP contribution in [0.2, 0.25) is 5.02 Å². The topological polar surface area (TPSA) is 120 Å². The van der Waals surface area contributed by atoms with Crippen LogP contribution in [0.15, 0.2) is 59.9 Å². The molecule has 0 saturated carbocycles. The Morgan fingerprint density at radius 2 is 1.97 bits per heavy atom. The minimum atomic E-state index is -4.05. The van der Waals surface area contributed by atoms with E-state index in [9.17, 15) is 17.6 Å². The lowest BCUT2D eigenvalue weighted by Gasteiger charge is -2.10. The highest BCUT2D eigenvalue weighted by molar-refractivity contribution is 7.92. The number of benzene rings is 2. The van der Waals surface area contributed by atoms with E-state index in [2.05, 4.69) is 14.7 Å². The number of ketones is 1. The van der Waals surface area contributed by atoms with Gasteiger partial charge in [0, 0.05) is 24.5 Å². The minimum absolute atomic E-state index is 0.149. The van der Waals surface area contributed by atoms with Crippen LogP contribution >= 0.6 is 11.6 Å². The molecule has 4 rings (SSSR count). The number of fused-ring (bicyclic) bond motifs is 1. The van der Waals surface area contributed by atoms with Gasteiger partial charge < -0.3 is 10.3 Å². The molecule has 8 nitrogen and oxygen atoms in total. The van der Waals surface area contributed by atoms with Crippen molar-refractivity contribution in [2.75, 3.05) is 10.5 Å². The first-order valence-corrected chi connectivity index (χ1v) is 10.7. The second-order valence-electron chi connectivity index (χ2n) is 6.70. The molecule has 0 amide bonds. The van der Waals surface area contributed by atoms with Gasteiger partial charge in [0.1, 0.15) is 23.6 Å². The average Bonchev–Trinajstić information content (AvgIpc) is 3.07. The van der Waals surface area contributed by atoms with Gasteiger partial charge >= 0.3 is 0 Å². The van der Waals surface area contributed by atoms with Crippen molar-refractivity contribution in [2.24, 2.45) is 7.05 Å². The second-order valence-corrected chi connectivity index (χ2v) is 8.79. The molecule has 11 heteroatoms. The molecular weight excluding hydrogens is 445 g/mol. The van der Waals surface area contributed by atoms with Crippen LogP contribution in [0.4, 0.5) is 15.9 Å². The van der Waals surface area contributed by atoms with Crippen LogP contribution in [0.25, 0.3) is 11.0 Å². The van der Waals surface area contributed by atoms with Crippen molar-refractivity contribution in [3.05, 3.63) is 77.0 Å². The van der Waals surface area contributed by atoms with Crippen LogP contribution in [-0.2, 0) is 17.1 Å². The Hall–Kier alpha value is -3.50. The summed E-state index contributed by atoms with van der Waals surface area (Å²) in [6, 6.07) is 9.03. The largest absolute Gasteiger partial charge is 0.383 e. The van der Waals surface area contributed by atoms with Crippen LogP contribution in [-0.4, -0.2) is 28.7 Å². The number of anilines is 2. The molecule has 0 aliphatic heterocycles. The Balaban J connectivity index is 1.69. The number of carbonyl (C=O) groups excluding carboxylic acids is 1. The lowest BCUT2D eigenvalue weighted by molar-refractivity contribution is 0.104. The third-order valence-corrected chi connectivity index (χ3v) is 6.27. The SMILES string of the molecule is Cn1cc(C(=O)c2cccc(NS(=O)(=O)c3ccc(F)c(Cl)c3)c2)c2c(N)ncnc21. The molecule has 4 aromatic rings. The molecule has 0 saturated heterocycles. The monoisotopic (exact) mass is 459 g/mol. The smallest absolute Gasteiger partial charge is 0.261 e. The summed E-state index contributed by atoms with van der Waals surface area (Å²) >= 11 is 5.69. The Morgan fingerprint density at radius 3 is 2.71 bits per heavy atom. The lowest BCUT2D eigenvalue weighted by Crippen LogP contribution is -2.13. The fourth-order valence-electron chi connectivity index (χ4n) is 3.14. The predicted molar refractivity (Wildman–Crippen MR) is 115 cm³/mol. The zero-order chi connectivity index (χ0) is 22.3. The van der Waals surface area contributed by atoms with Gasteiger partial charge in [-0.15, -0.1) is 0 Å². The number of rotatable bonds is 5. The molecule has 0 unspecified atom stereocenters. The zero-order valence-electron chi connectivity index (χ0n) is 16.0. The highest BCUT2D eigenvalue weighted by Gasteiger charge is 2.21. The summed E-state index contributed by atoms with van der Waals surface area (Å²) < 4.78 is 42.6. The maximum atomic E-state index is 13.4. The Kier molecular flexibility index (Phi) is 5.11. The van der Waals surface area contributed by atoms with Crippen molar-refractivity contribution < 1.29 is 17.6 Å². The molecule has 0 aliphatic carbocycles. The number of nitrogens with zero attached hydrogens (tertiary/aromatic N) is 3. The number of hydrogen-bond donors (Lipinski definition) is 2. The zero-order valence-corrected chi connectivity index (χ0v) is 17.6. The van der Waals surface area contributed by atoms with Crippen molar-refractivity contribution >= 4 is 49.9 Å². The molecule has 0 radical (unpaired) electrons. The molecule has 31 heavy (non-hydrogen) atoms. The molecule has 2 aromatic carbocycles. The Morgan fingerprint density at radius 1 is 1.19 bits per heavy atom. The second kappa shape index (κ2) is 7.64. The molecule has 0 aliphatic rings. The fourth-order valence-corrected chi connectivity index (χ4v) is 4.46. The molecule has 158 valence electrons. The molecule has 2 heterocycles. The van der Waals surface area contributed by atoms with Gasteiger partial charge in [0.05, 0.1) is 20.9 Å². The normalized spacial score (nSPS) is 11.6. The number of carbonyl (C=O) groups is 1. The fraction of sp³-hybridized carbons (Fsp3) is 0.0500. The van der Waals surface area contributed by atoms with Crippen molar-refractivity contribution in [1.29, 1.82) is 0 Å². The van der Waals surface area contributed by atoms with E-state index >= 15 is 0 Å². The minimum Gasteiger partial charge on any atom is -0.383 e. The van der Waals surface area contributed by atoms with E-state index in [1.807, 2.05) is 0 Å². The molecule has 2 aromatic heterocycles. The summed E-state index contributed by atoms with van der Waals surface area (Å²) in [5, 5.41) is 0.101. The van der Waals surface area contributed by atoms with Crippen LogP contribution in [0, 0.1) is 5.82 Å². The van der Waals surface area contributed by atoms with Crippen LogP contribution in [0.5, 0.6) is 0 Å².